The molecule has 0 radical (unpaired) electrons. The van der Waals surface area contributed by atoms with Crippen molar-refractivity contribution in [3.63, 3.8) is 0 Å². The topological polar surface area (TPSA) is 80.9 Å². The van der Waals surface area contributed by atoms with Crippen molar-refractivity contribution in [2.45, 2.75) is 26.8 Å². The fourth-order valence-corrected chi connectivity index (χ4v) is 3.13. The number of hydrogen-bond donors (Lipinski definition) is 2. The highest BCUT2D eigenvalue weighted by Gasteiger charge is 2.13. The van der Waals surface area contributed by atoms with Crippen molar-refractivity contribution >= 4 is 5.96 Å². The molecule has 30 heavy (non-hydrogen) atoms. The van der Waals surface area contributed by atoms with Crippen LogP contribution in [0.5, 0.6) is 11.5 Å². The lowest BCUT2D eigenvalue weighted by atomic mass is 10.1. The summed E-state index contributed by atoms with van der Waals surface area (Å²) in [5.41, 5.74) is 4.14. The van der Waals surface area contributed by atoms with Gasteiger partial charge in [-0.2, -0.15) is 0 Å². The minimum absolute atomic E-state index is 0.294. The zero-order valence-electron chi connectivity index (χ0n) is 17.3. The minimum Gasteiger partial charge on any atom is -0.454 e. The monoisotopic (exact) mass is 406 g/mol. The number of nitrogens with zero attached hydrogens (tertiary/aromatic N) is 2. The molecule has 0 fully saturated rings. The summed E-state index contributed by atoms with van der Waals surface area (Å²) in [4.78, 5) is 9.17. The summed E-state index contributed by atoms with van der Waals surface area (Å²) >= 11 is 0. The maximum atomic E-state index is 5.62. The van der Waals surface area contributed by atoms with Gasteiger partial charge in [0, 0.05) is 18.7 Å². The van der Waals surface area contributed by atoms with Crippen LogP contribution in [-0.2, 0) is 13.0 Å². The van der Waals surface area contributed by atoms with Crippen molar-refractivity contribution in [3.8, 4) is 23.0 Å². The summed E-state index contributed by atoms with van der Waals surface area (Å²) in [5.74, 6) is 2.97. The van der Waals surface area contributed by atoms with Crippen molar-refractivity contribution < 1.29 is 13.9 Å². The molecule has 7 nitrogen and oxygen atoms in total. The van der Waals surface area contributed by atoms with E-state index in [9.17, 15) is 0 Å². The van der Waals surface area contributed by atoms with E-state index in [0.717, 1.165) is 48.2 Å². The van der Waals surface area contributed by atoms with Crippen molar-refractivity contribution in [1.29, 1.82) is 0 Å². The van der Waals surface area contributed by atoms with Crippen LogP contribution in [0.3, 0.4) is 0 Å². The number of guanidine groups is 1. The third-order valence-corrected chi connectivity index (χ3v) is 4.74. The standard InChI is InChI=1S/C23H26N4O3/c1-3-24-23(25-11-10-17-6-9-20-21(12-17)30-15-29-20)26-13-19-14-28-22(27-19)18-7-4-16(2)5-8-18/h4-9,12,14H,3,10-11,13,15H2,1-2H3,(H2,24,25,26). The Labute approximate surface area is 176 Å². The predicted molar refractivity (Wildman–Crippen MR) is 116 cm³/mol. The second kappa shape index (κ2) is 9.35. The predicted octanol–water partition coefficient (Wildman–Crippen LogP) is 3.68. The summed E-state index contributed by atoms with van der Waals surface area (Å²) in [5, 5.41) is 6.62. The maximum Gasteiger partial charge on any atom is 0.231 e. The minimum atomic E-state index is 0.294. The molecule has 0 unspecified atom stereocenters. The van der Waals surface area contributed by atoms with Crippen LogP contribution in [-0.4, -0.2) is 30.8 Å². The van der Waals surface area contributed by atoms with Crippen LogP contribution in [0.1, 0.15) is 23.7 Å². The lowest BCUT2D eigenvalue weighted by Crippen LogP contribution is -2.38. The van der Waals surface area contributed by atoms with Gasteiger partial charge in [-0.3, -0.25) is 0 Å². The van der Waals surface area contributed by atoms with Gasteiger partial charge in [-0.05, 0) is 50.1 Å². The smallest absolute Gasteiger partial charge is 0.231 e. The Balaban J connectivity index is 1.33. The van der Waals surface area contributed by atoms with Crippen LogP contribution in [0.2, 0.25) is 0 Å². The molecule has 0 saturated heterocycles. The molecule has 1 aliphatic heterocycles. The number of ether oxygens (including phenoxy) is 2. The molecular formula is C23H26N4O3. The van der Waals surface area contributed by atoms with Crippen LogP contribution in [0, 0.1) is 6.92 Å². The maximum absolute atomic E-state index is 5.62. The SMILES string of the molecule is CCNC(=NCc1coc(-c2ccc(C)cc2)n1)NCCc1ccc2c(c1)OCO2. The van der Waals surface area contributed by atoms with Crippen molar-refractivity contribution in [1.82, 2.24) is 15.6 Å². The number of aryl methyl sites for hydroxylation is 1. The third-order valence-electron chi connectivity index (χ3n) is 4.74. The van der Waals surface area contributed by atoms with E-state index >= 15 is 0 Å². The van der Waals surface area contributed by atoms with Crippen molar-refractivity contribution in [3.05, 3.63) is 65.5 Å². The fourth-order valence-electron chi connectivity index (χ4n) is 3.13. The normalized spacial score (nSPS) is 12.8. The van der Waals surface area contributed by atoms with Crippen LogP contribution in [0.15, 0.2) is 58.1 Å². The fraction of sp³-hybridized carbons (Fsp3) is 0.304. The van der Waals surface area contributed by atoms with E-state index in [1.54, 1.807) is 6.26 Å². The third kappa shape index (κ3) is 4.92. The van der Waals surface area contributed by atoms with Gasteiger partial charge in [-0.1, -0.05) is 23.8 Å². The van der Waals surface area contributed by atoms with Gasteiger partial charge >= 0.3 is 0 Å². The summed E-state index contributed by atoms with van der Waals surface area (Å²) in [6.07, 6.45) is 2.51. The second-order valence-electron chi connectivity index (χ2n) is 7.07. The van der Waals surface area contributed by atoms with Crippen LogP contribution in [0.4, 0.5) is 0 Å². The molecule has 0 bridgehead atoms. The Kier molecular flexibility index (Phi) is 6.17. The Morgan fingerprint density at radius 2 is 1.90 bits per heavy atom. The molecule has 0 saturated carbocycles. The second-order valence-corrected chi connectivity index (χ2v) is 7.07. The molecule has 7 heteroatoms. The molecule has 0 atom stereocenters. The van der Waals surface area contributed by atoms with Gasteiger partial charge in [0.15, 0.2) is 17.5 Å². The van der Waals surface area contributed by atoms with Gasteiger partial charge in [0.2, 0.25) is 12.7 Å². The highest BCUT2D eigenvalue weighted by molar-refractivity contribution is 5.79. The Bertz CT molecular complexity index is 1010. The molecule has 1 aliphatic rings. The molecule has 0 spiro atoms. The molecule has 4 rings (SSSR count). The molecular weight excluding hydrogens is 380 g/mol. The zero-order chi connectivity index (χ0) is 20.8. The quantitative estimate of drug-likeness (QED) is 0.460. The van der Waals surface area contributed by atoms with Gasteiger partial charge in [0.05, 0.1) is 6.54 Å². The molecule has 2 N–H and O–H groups in total. The highest BCUT2D eigenvalue weighted by Crippen LogP contribution is 2.32. The lowest BCUT2D eigenvalue weighted by molar-refractivity contribution is 0.174. The number of rotatable bonds is 7. The Morgan fingerprint density at radius 1 is 1.07 bits per heavy atom. The van der Waals surface area contributed by atoms with E-state index in [0.29, 0.717) is 19.2 Å². The lowest BCUT2D eigenvalue weighted by Gasteiger charge is -2.11. The number of oxazole rings is 1. The van der Waals surface area contributed by atoms with E-state index in [2.05, 4.69) is 33.6 Å². The molecule has 2 heterocycles. The van der Waals surface area contributed by atoms with Crippen LogP contribution < -0.4 is 20.1 Å². The number of nitrogens with one attached hydrogen (secondary N) is 2. The van der Waals surface area contributed by atoms with Gasteiger partial charge < -0.3 is 24.5 Å². The average Bonchev–Trinajstić information content (AvgIpc) is 3.42. The summed E-state index contributed by atoms with van der Waals surface area (Å²) in [6.45, 7) is 6.36. The number of benzene rings is 2. The first kappa shape index (κ1) is 19.8. The Hall–Kier alpha value is -3.48. The molecule has 156 valence electrons. The van der Waals surface area contributed by atoms with E-state index in [-0.39, 0.29) is 0 Å². The summed E-state index contributed by atoms with van der Waals surface area (Å²) in [6, 6.07) is 14.1. The molecule has 0 aliphatic carbocycles. The van der Waals surface area contributed by atoms with Gasteiger partial charge in [-0.25, -0.2) is 9.98 Å². The van der Waals surface area contributed by atoms with E-state index in [1.807, 2.05) is 43.3 Å². The summed E-state index contributed by atoms with van der Waals surface area (Å²) < 4.78 is 16.4. The molecule has 1 aromatic heterocycles. The average molecular weight is 406 g/mol. The first-order valence-electron chi connectivity index (χ1n) is 10.1. The zero-order valence-corrected chi connectivity index (χ0v) is 17.3. The Morgan fingerprint density at radius 3 is 2.73 bits per heavy atom. The van der Waals surface area contributed by atoms with Crippen LogP contribution in [0.25, 0.3) is 11.5 Å². The molecule has 2 aromatic carbocycles. The van der Waals surface area contributed by atoms with Gasteiger partial charge in [0.25, 0.3) is 0 Å². The van der Waals surface area contributed by atoms with Crippen molar-refractivity contribution in [2.75, 3.05) is 19.9 Å². The van der Waals surface area contributed by atoms with E-state index < -0.39 is 0 Å². The highest BCUT2D eigenvalue weighted by atomic mass is 16.7. The van der Waals surface area contributed by atoms with Crippen LogP contribution >= 0.6 is 0 Å². The van der Waals surface area contributed by atoms with E-state index in [4.69, 9.17) is 13.9 Å². The molecule has 3 aromatic rings. The summed E-state index contributed by atoms with van der Waals surface area (Å²) in [7, 11) is 0. The number of hydrogen-bond acceptors (Lipinski definition) is 5. The first-order valence-corrected chi connectivity index (χ1v) is 10.1. The van der Waals surface area contributed by atoms with E-state index in [1.165, 1.54) is 11.1 Å². The number of fused-ring (bicyclic) bond motifs is 1. The number of aliphatic imine (C=N–C) groups is 1. The largest absolute Gasteiger partial charge is 0.454 e. The van der Waals surface area contributed by atoms with Gasteiger partial charge in [-0.15, -0.1) is 0 Å². The van der Waals surface area contributed by atoms with Gasteiger partial charge in [0.1, 0.15) is 12.0 Å². The number of aromatic nitrogens is 1. The molecule has 0 amide bonds. The first-order chi connectivity index (χ1) is 14.7. The van der Waals surface area contributed by atoms with Crippen molar-refractivity contribution in [2.24, 2.45) is 4.99 Å².